The topological polar surface area (TPSA) is 83.9 Å². The van der Waals surface area contributed by atoms with Gasteiger partial charge in [-0.05, 0) is 30.7 Å². The fraction of sp³-hybridized carbons (Fsp3) is 0.417. The minimum absolute atomic E-state index is 0.0667. The van der Waals surface area contributed by atoms with Gasteiger partial charge in [-0.2, -0.15) is 0 Å². The molecule has 1 aromatic carbocycles. The van der Waals surface area contributed by atoms with E-state index in [0.717, 1.165) is 4.31 Å². The van der Waals surface area contributed by atoms with Crippen LogP contribution in [0.1, 0.15) is 12.0 Å². The van der Waals surface area contributed by atoms with Gasteiger partial charge < -0.3 is 9.84 Å². The zero-order valence-corrected chi connectivity index (χ0v) is 11.9. The van der Waals surface area contributed by atoms with E-state index in [1.165, 1.54) is 26.3 Å². The number of rotatable bonds is 6. The van der Waals surface area contributed by atoms with Crippen molar-refractivity contribution in [3.63, 3.8) is 0 Å². The molecule has 0 saturated heterocycles. The number of methoxy groups -OCH3 is 1. The Hall–Kier alpha value is -1.60. The molecule has 1 N–H and O–H groups in total. The first-order valence-electron chi connectivity index (χ1n) is 5.62. The van der Waals surface area contributed by atoms with Gasteiger partial charge in [0.25, 0.3) is 0 Å². The molecule has 0 aliphatic heterocycles. The number of hydrogen-bond acceptors (Lipinski definition) is 4. The quantitative estimate of drug-likeness (QED) is 0.847. The summed E-state index contributed by atoms with van der Waals surface area (Å²) in [5, 5.41) is 8.57. The summed E-state index contributed by atoms with van der Waals surface area (Å²) in [6.07, 6.45) is -0.231. The van der Waals surface area contributed by atoms with E-state index in [1.807, 2.05) is 0 Å². The number of aryl methyl sites for hydroxylation is 1. The third kappa shape index (κ3) is 3.68. The van der Waals surface area contributed by atoms with Crippen molar-refractivity contribution < 1.29 is 23.1 Å². The molecule has 0 spiro atoms. The van der Waals surface area contributed by atoms with Crippen molar-refractivity contribution in [2.45, 2.75) is 18.2 Å². The van der Waals surface area contributed by atoms with Crippen LogP contribution in [0.4, 0.5) is 0 Å². The lowest BCUT2D eigenvalue weighted by molar-refractivity contribution is -0.137. The Balaban J connectivity index is 2.99. The lowest BCUT2D eigenvalue weighted by Crippen LogP contribution is -2.29. The first-order valence-corrected chi connectivity index (χ1v) is 7.06. The fourth-order valence-corrected chi connectivity index (χ4v) is 2.82. The Labute approximate surface area is 112 Å². The lowest BCUT2D eigenvalue weighted by atomic mass is 10.2. The molecule has 0 heterocycles. The van der Waals surface area contributed by atoms with Crippen LogP contribution in [0.3, 0.4) is 0 Å². The Morgan fingerprint density at radius 2 is 2.05 bits per heavy atom. The number of sulfonamides is 1. The van der Waals surface area contributed by atoms with Crippen molar-refractivity contribution in [1.82, 2.24) is 4.31 Å². The zero-order valence-electron chi connectivity index (χ0n) is 11.1. The molecule has 0 atom stereocenters. The molecule has 0 radical (unpaired) electrons. The van der Waals surface area contributed by atoms with E-state index in [9.17, 15) is 13.2 Å². The number of carbonyl (C=O) groups is 1. The highest BCUT2D eigenvalue weighted by molar-refractivity contribution is 7.89. The molecule has 7 heteroatoms. The van der Waals surface area contributed by atoms with Crippen molar-refractivity contribution in [3.8, 4) is 5.75 Å². The maximum Gasteiger partial charge on any atom is 0.304 e. The maximum absolute atomic E-state index is 12.2. The maximum atomic E-state index is 12.2. The average Bonchev–Trinajstić information content (AvgIpc) is 2.35. The molecule has 0 aliphatic rings. The Bertz CT molecular complexity index is 567. The van der Waals surface area contributed by atoms with Gasteiger partial charge in [0.2, 0.25) is 10.0 Å². The molecule has 106 valence electrons. The average molecular weight is 287 g/mol. The van der Waals surface area contributed by atoms with Gasteiger partial charge in [-0.1, -0.05) is 0 Å². The predicted octanol–water partition coefficient (Wildman–Crippen LogP) is 1.10. The summed E-state index contributed by atoms with van der Waals surface area (Å²) >= 11 is 0. The van der Waals surface area contributed by atoms with Crippen LogP contribution in [0, 0.1) is 6.92 Å². The third-order valence-electron chi connectivity index (χ3n) is 2.72. The molecular formula is C12H17NO5S. The van der Waals surface area contributed by atoms with Gasteiger partial charge in [0, 0.05) is 13.6 Å². The molecule has 0 aliphatic carbocycles. The first-order chi connectivity index (χ1) is 8.78. The van der Waals surface area contributed by atoms with Crippen molar-refractivity contribution in [3.05, 3.63) is 23.8 Å². The van der Waals surface area contributed by atoms with Crippen LogP contribution in [-0.4, -0.2) is 44.5 Å². The highest BCUT2D eigenvalue weighted by Crippen LogP contribution is 2.23. The molecule has 0 amide bonds. The van der Waals surface area contributed by atoms with Crippen LogP contribution in [0.25, 0.3) is 0 Å². The summed E-state index contributed by atoms with van der Waals surface area (Å²) in [7, 11) is -0.799. The van der Waals surface area contributed by atoms with E-state index < -0.39 is 16.0 Å². The molecular weight excluding hydrogens is 270 g/mol. The summed E-state index contributed by atoms with van der Waals surface area (Å²) in [6, 6.07) is 4.52. The lowest BCUT2D eigenvalue weighted by Gasteiger charge is -2.17. The van der Waals surface area contributed by atoms with Gasteiger partial charge in [0.05, 0.1) is 18.4 Å². The normalized spacial score (nSPS) is 11.6. The number of carboxylic acids is 1. The molecule has 0 saturated carbocycles. The summed E-state index contributed by atoms with van der Waals surface area (Å²) in [5.74, 6) is -0.430. The minimum Gasteiger partial charge on any atom is -0.496 e. The van der Waals surface area contributed by atoms with E-state index >= 15 is 0 Å². The number of carboxylic acid groups (broad SMARTS) is 1. The number of aliphatic carboxylic acids is 1. The van der Waals surface area contributed by atoms with Crippen LogP contribution in [-0.2, 0) is 14.8 Å². The van der Waals surface area contributed by atoms with Crippen molar-refractivity contribution >= 4 is 16.0 Å². The molecule has 0 aromatic heterocycles. The molecule has 0 unspecified atom stereocenters. The van der Waals surface area contributed by atoms with Crippen LogP contribution in [0.15, 0.2) is 23.1 Å². The number of hydrogen-bond donors (Lipinski definition) is 1. The van der Waals surface area contributed by atoms with Crippen LogP contribution in [0.2, 0.25) is 0 Å². The molecule has 19 heavy (non-hydrogen) atoms. The molecule has 1 aromatic rings. The second-order valence-corrected chi connectivity index (χ2v) is 6.15. The standard InChI is InChI=1S/C12H17NO5S/c1-9-8-10(4-5-11(9)18-3)19(16,17)13(2)7-6-12(14)15/h4-5,8H,6-7H2,1-3H3,(H,14,15). The Morgan fingerprint density at radius 3 is 2.53 bits per heavy atom. The first kappa shape index (κ1) is 15.5. The second-order valence-electron chi connectivity index (χ2n) is 4.10. The van der Waals surface area contributed by atoms with Gasteiger partial charge in [0.15, 0.2) is 0 Å². The Kier molecular flexibility index (Phi) is 4.90. The monoisotopic (exact) mass is 287 g/mol. The zero-order chi connectivity index (χ0) is 14.6. The molecule has 1 rings (SSSR count). The summed E-state index contributed by atoms with van der Waals surface area (Å²) in [5.41, 5.74) is 0.704. The minimum atomic E-state index is -3.67. The fourth-order valence-electron chi connectivity index (χ4n) is 1.56. The van der Waals surface area contributed by atoms with Crippen LogP contribution in [0.5, 0.6) is 5.75 Å². The molecule has 6 nitrogen and oxygen atoms in total. The van der Waals surface area contributed by atoms with Gasteiger partial charge in [-0.3, -0.25) is 4.79 Å². The van der Waals surface area contributed by atoms with E-state index in [-0.39, 0.29) is 17.9 Å². The van der Waals surface area contributed by atoms with E-state index in [0.29, 0.717) is 11.3 Å². The van der Waals surface area contributed by atoms with E-state index in [4.69, 9.17) is 9.84 Å². The van der Waals surface area contributed by atoms with E-state index in [1.54, 1.807) is 13.0 Å². The highest BCUT2D eigenvalue weighted by Gasteiger charge is 2.21. The predicted molar refractivity (Wildman–Crippen MR) is 69.8 cm³/mol. The van der Waals surface area contributed by atoms with Gasteiger partial charge >= 0.3 is 5.97 Å². The van der Waals surface area contributed by atoms with E-state index in [2.05, 4.69) is 0 Å². The SMILES string of the molecule is COc1ccc(S(=O)(=O)N(C)CCC(=O)O)cc1C. The van der Waals surface area contributed by atoms with Crippen molar-refractivity contribution in [1.29, 1.82) is 0 Å². The number of nitrogens with zero attached hydrogens (tertiary/aromatic N) is 1. The summed E-state index contributed by atoms with van der Waals surface area (Å²) in [4.78, 5) is 10.6. The number of benzene rings is 1. The Morgan fingerprint density at radius 1 is 1.42 bits per heavy atom. The number of ether oxygens (including phenoxy) is 1. The smallest absolute Gasteiger partial charge is 0.304 e. The van der Waals surface area contributed by atoms with Crippen LogP contribution < -0.4 is 4.74 Å². The second kappa shape index (κ2) is 6.03. The highest BCUT2D eigenvalue weighted by atomic mass is 32.2. The van der Waals surface area contributed by atoms with Crippen molar-refractivity contribution in [2.24, 2.45) is 0 Å². The van der Waals surface area contributed by atoms with Crippen molar-refractivity contribution in [2.75, 3.05) is 20.7 Å². The largest absolute Gasteiger partial charge is 0.496 e. The van der Waals surface area contributed by atoms with Gasteiger partial charge in [-0.25, -0.2) is 12.7 Å². The summed E-state index contributed by atoms with van der Waals surface area (Å²) in [6.45, 7) is 1.68. The van der Waals surface area contributed by atoms with Gasteiger partial charge in [-0.15, -0.1) is 0 Å². The summed E-state index contributed by atoms with van der Waals surface area (Å²) < 4.78 is 30.5. The van der Waals surface area contributed by atoms with Crippen LogP contribution >= 0.6 is 0 Å². The molecule has 0 fully saturated rings. The molecule has 0 bridgehead atoms. The van der Waals surface area contributed by atoms with Gasteiger partial charge in [0.1, 0.15) is 5.75 Å². The third-order valence-corrected chi connectivity index (χ3v) is 4.57.